The van der Waals surface area contributed by atoms with Gasteiger partial charge in [-0.15, -0.1) is 0 Å². The molecule has 0 saturated carbocycles. The number of rotatable bonds is 1. The van der Waals surface area contributed by atoms with Crippen LogP contribution in [0.3, 0.4) is 0 Å². The lowest BCUT2D eigenvalue weighted by Gasteiger charge is -1.90. The molecule has 0 aliphatic rings. The van der Waals surface area contributed by atoms with E-state index in [0.29, 0.717) is 11.8 Å². The summed E-state index contributed by atoms with van der Waals surface area (Å²) < 4.78 is 0. The van der Waals surface area contributed by atoms with Gasteiger partial charge in [0, 0.05) is 17.7 Å². The van der Waals surface area contributed by atoms with Crippen LogP contribution >= 0.6 is 0 Å². The number of nitrogens with zero attached hydrogens (tertiary/aromatic N) is 1. The minimum atomic E-state index is -0.508. The Labute approximate surface area is 74.3 Å². The van der Waals surface area contributed by atoms with E-state index in [1.165, 1.54) is 18.2 Å². The Bertz CT molecular complexity index is 401. The number of benzene rings is 1. The first-order valence-corrected chi connectivity index (χ1v) is 3.43. The molecule has 4 heteroatoms. The van der Waals surface area contributed by atoms with Crippen LogP contribution in [0.15, 0.2) is 24.3 Å². The van der Waals surface area contributed by atoms with Crippen LogP contribution in [0.5, 0.6) is 0 Å². The summed E-state index contributed by atoms with van der Waals surface area (Å²) in [6.45, 7) is 0. The van der Waals surface area contributed by atoms with Crippen LogP contribution in [0.2, 0.25) is 0 Å². The average molecular weight is 175 g/mol. The quantitative estimate of drug-likeness (QED) is 0.278. The predicted octanol–water partition coefficient (Wildman–Crippen LogP) is 1.15. The molecule has 0 aliphatic carbocycles. The highest BCUT2D eigenvalue weighted by Gasteiger charge is 2.03. The molecule has 0 atom stereocenters. The van der Waals surface area contributed by atoms with Gasteiger partial charge in [-0.05, 0) is 12.0 Å². The average Bonchev–Trinajstić information content (AvgIpc) is 2.15. The molecule has 1 aromatic rings. The minimum absolute atomic E-state index is 0.0299. The number of hydrogen-bond acceptors (Lipinski definition) is 3. The van der Waals surface area contributed by atoms with E-state index in [1.54, 1.807) is 6.07 Å². The summed E-state index contributed by atoms with van der Waals surface area (Å²) in [5, 5.41) is 10.3. The maximum absolute atomic E-state index is 10.3. The standard InChI is InChI=1S/C9H5NO3/c11-6-2-4-8-3-1-5-9(7-8)10(12)13/h1,3,5-7H. The van der Waals surface area contributed by atoms with E-state index < -0.39 is 4.92 Å². The fourth-order valence-corrected chi connectivity index (χ4v) is 0.810. The van der Waals surface area contributed by atoms with Crippen molar-refractivity contribution in [2.75, 3.05) is 0 Å². The molecule has 0 bridgehead atoms. The van der Waals surface area contributed by atoms with Gasteiger partial charge in [0.15, 0.2) is 6.29 Å². The Balaban J connectivity index is 3.05. The zero-order valence-electron chi connectivity index (χ0n) is 6.56. The first kappa shape index (κ1) is 8.94. The van der Waals surface area contributed by atoms with Crippen LogP contribution in [0, 0.1) is 22.0 Å². The molecule has 0 fully saturated rings. The van der Waals surface area contributed by atoms with E-state index in [-0.39, 0.29) is 5.69 Å². The van der Waals surface area contributed by atoms with Gasteiger partial charge in [0.05, 0.1) is 4.92 Å². The summed E-state index contributed by atoms with van der Waals surface area (Å²) in [7, 11) is 0. The molecule has 0 amide bonds. The normalized spacial score (nSPS) is 8.31. The van der Waals surface area contributed by atoms with E-state index in [0.717, 1.165) is 0 Å². The van der Waals surface area contributed by atoms with Crippen molar-refractivity contribution in [3.05, 3.63) is 39.9 Å². The van der Waals surface area contributed by atoms with Gasteiger partial charge in [0.1, 0.15) is 0 Å². The van der Waals surface area contributed by atoms with Gasteiger partial charge in [-0.3, -0.25) is 14.9 Å². The molecule has 13 heavy (non-hydrogen) atoms. The van der Waals surface area contributed by atoms with Crippen LogP contribution in [0.25, 0.3) is 0 Å². The van der Waals surface area contributed by atoms with E-state index in [1.807, 2.05) is 0 Å². The van der Waals surface area contributed by atoms with Crippen LogP contribution in [-0.2, 0) is 4.79 Å². The van der Waals surface area contributed by atoms with Crippen LogP contribution in [-0.4, -0.2) is 11.2 Å². The molecule has 0 heterocycles. The molecular weight excluding hydrogens is 170 g/mol. The number of nitro benzene ring substituents is 1. The monoisotopic (exact) mass is 175 g/mol. The van der Waals surface area contributed by atoms with Gasteiger partial charge in [-0.2, -0.15) is 0 Å². The van der Waals surface area contributed by atoms with Crippen molar-refractivity contribution in [1.82, 2.24) is 0 Å². The zero-order valence-corrected chi connectivity index (χ0v) is 6.56. The Morgan fingerprint density at radius 1 is 1.46 bits per heavy atom. The first-order chi connectivity index (χ1) is 6.24. The summed E-state index contributed by atoms with van der Waals surface area (Å²) in [5.74, 6) is 4.64. The molecule has 0 spiro atoms. The third kappa shape index (κ3) is 2.42. The van der Waals surface area contributed by atoms with Gasteiger partial charge >= 0.3 is 0 Å². The van der Waals surface area contributed by atoms with Gasteiger partial charge in [0.25, 0.3) is 5.69 Å². The fourth-order valence-electron chi connectivity index (χ4n) is 0.810. The van der Waals surface area contributed by atoms with Gasteiger partial charge in [0.2, 0.25) is 0 Å². The van der Waals surface area contributed by atoms with Crippen LogP contribution < -0.4 is 0 Å². The lowest BCUT2D eigenvalue weighted by Crippen LogP contribution is -1.87. The van der Waals surface area contributed by atoms with E-state index in [9.17, 15) is 14.9 Å². The van der Waals surface area contributed by atoms with Crippen LogP contribution in [0.1, 0.15) is 5.56 Å². The van der Waals surface area contributed by atoms with Crippen molar-refractivity contribution in [3.8, 4) is 11.8 Å². The molecule has 0 saturated heterocycles. The molecule has 0 radical (unpaired) electrons. The molecule has 0 aromatic heterocycles. The van der Waals surface area contributed by atoms with E-state index in [4.69, 9.17) is 0 Å². The smallest absolute Gasteiger partial charge is 0.270 e. The second-order valence-electron chi connectivity index (χ2n) is 2.19. The lowest BCUT2D eigenvalue weighted by molar-refractivity contribution is -0.384. The number of aldehydes is 1. The molecule has 64 valence electrons. The van der Waals surface area contributed by atoms with Crippen molar-refractivity contribution < 1.29 is 9.72 Å². The summed E-state index contributed by atoms with van der Waals surface area (Å²) >= 11 is 0. The third-order valence-corrected chi connectivity index (χ3v) is 1.33. The summed E-state index contributed by atoms with van der Waals surface area (Å²) in [5.41, 5.74) is 0.430. The highest BCUT2D eigenvalue weighted by Crippen LogP contribution is 2.11. The van der Waals surface area contributed by atoms with Gasteiger partial charge < -0.3 is 0 Å². The zero-order chi connectivity index (χ0) is 9.68. The summed E-state index contributed by atoms with van der Waals surface area (Å²) in [6.07, 6.45) is 0.443. The van der Waals surface area contributed by atoms with E-state index in [2.05, 4.69) is 11.8 Å². The first-order valence-electron chi connectivity index (χ1n) is 3.43. The second kappa shape index (κ2) is 4.02. The van der Waals surface area contributed by atoms with Crippen molar-refractivity contribution in [3.63, 3.8) is 0 Å². The number of hydrogen-bond donors (Lipinski definition) is 0. The van der Waals surface area contributed by atoms with Gasteiger partial charge in [-0.25, -0.2) is 0 Å². The molecule has 0 N–H and O–H groups in total. The highest BCUT2D eigenvalue weighted by molar-refractivity contribution is 5.74. The van der Waals surface area contributed by atoms with Crippen molar-refractivity contribution in [2.45, 2.75) is 0 Å². The molecule has 4 nitrogen and oxygen atoms in total. The number of non-ortho nitro benzene ring substituents is 1. The van der Waals surface area contributed by atoms with Gasteiger partial charge in [-0.1, -0.05) is 12.0 Å². The molecule has 1 rings (SSSR count). The summed E-state index contributed by atoms with van der Waals surface area (Å²) in [6, 6.07) is 5.80. The number of carbonyl (C=O) groups is 1. The van der Waals surface area contributed by atoms with E-state index >= 15 is 0 Å². The molecule has 1 aromatic carbocycles. The minimum Gasteiger partial charge on any atom is -0.289 e. The molecule has 0 unspecified atom stereocenters. The SMILES string of the molecule is O=CC#Cc1cccc([N+](=O)[O-])c1. The Morgan fingerprint density at radius 2 is 2.23 bits per heavy atom. The second-order valence-corrected chi connectivity index (χ2v) is 2.19. The Kier molecular flexibility index (Phi) is 2.77. The Morgan fingerprint density at radius 3 is 2.85 bits per heavy atom. The number of nitro groups is 1. The topological polar surface area (TPSA) is 60.2 Å². The fraction of sp³-hybridized carbons (Fsp3) is 0. The highest BCUT2D eigenvalue weighted by atomic mass is 16.6. The lowest BCUT2D eigenvalue weighted by atomic mass is 10.2. The summed E-state index contributed by atoms with van der Waals surface area (Å²) in [4.78, 5) is 19.7. The van der Waals surface area contributed by atoms with Crippen molar-refractivity contribution in [2.24, 2.45) is 0 Å². The molecule has 0 aliphatic heterocycles. The largest absolute Gasteiger partial charge is 0.289 e. The third-order valence-electron chi connectivity index (χ3n) is 1.33. The molecular formula is C9H5NO3. The van der Waals surface area contributed by atoms with Crippen molar-refractivity contribution >= 4 is 12.0 Å². The van der Waals surface area contributed by atoms with Crippen molar-refractivity contribution in [1.29, 1.82) is 0 Å². The Hall–Kier alpha value is -2.15. The van der Waals surface area contributed by atoms with Crippen LogP contribution in [0.4, 0.5) is 5.69 Å². The number of carbonyl (C=O) groups excluding carboxylic acids is 1. The predicted molar refractivity (Wildman–Crippen MR) is 46.0 cm³/mol. The maximum atomic E-state index is 10.3. The maximum Gasteiger partial charge on any atom is 0.270 e.